The van der Waals surface area contributed by atoms with E-state index in [0.29, 0.717) is 18.0 Å². The zero-order valence-corrected chi connectivity index (χ0v) is 16.1. The number of hydrazine groups is 1. The molecule has 156 valence electrons. The topological polar surface area (TPSA) is 88.1 Å². The Hall–Kier alpha value is -3.21. The number of rotatable bonds is 7. The van der Waals surface area contributed by atoms with Crippen LogP contribution in [0.25, 0.3) is 0 Å². The zero-order chi connectivity index (χ0) is 21.4. The number of pyridine rings is 1. The van der Waals surface area contributed by atoms with Crippen molar-refractivity contribution in [2.24, 2.45) is 5.16 Å². The molecule has 29 heavy (non-hydrogen) atoms. The predicted molar refractivity (Wildman–Crippen MR) is 101 cm³/mol. The Kier molecular flexibility index (Phi) is 7.48. The van der Waals surface area contributed by atoms with Gasteiger partial charge < -0.3 is 9.57 Å². The fraction of sp³-hybridized carbons (Fsp3) is 0.235. The van der Waals surface area contributed by atoms with E-state index in [0.717, 1.165) is 16.9 Å². The number of aromatic nitrogens is 1. The number of carbonyl (C=O) groups excluding carboxylic acids is 1. The molecular weight excluding hydrogens is 415 g/mol. The van der Waals surface area contributed by atoms with Crippen molar-refractivity contribution in [2.75, 3.05) is 19.2 Å². The fourth-order valence-electron chi connectivity index (χ4n) is 2.03. The Morgan fingerprint density at radius 2 is 2.03 bits per heavy atom. The highest BCUT2D eigenvalue weighted by Gasteiger charge is 2.32. The van der Waals surface area contributed by atoms with E-state index in [1.807, 2.05) is 0 Å². The summed E-state index contributed by atoms with van der Waals surface area (Å²) < 4.78 is 42.9. The van der Waals surface area contributed by atoms with Gasteiger partial charge in [-0.1, -0.05) is 28.9 Å². The van der Waals surface area contributed by atoms with Crippen LogP contribution >= 0.6 is 11.6 Å². The molecule has 1 aromatic carbocycles. The van der Waals surface area contributed by atoms with Gasteiger partial charge >= 0.3 is 12.2 Å². The molecule has 0 radical (unpaired) electrons. The maximum atomic E-state index is 12.6. The molecule has 0 aliphatic rings. The number of alkyl halides is 3. The number of benzene rings is 1. The Bertz CT molecular complexity index is 862. The molecule has 0 unspecified atom stereocenters. The first-order chi connectivity index (χ1) is 13.7. The lowest BCUT2D eigenvalue weighted by Gasteiger charge is -2.20. The van der Waals surface area contributed by atoms with Crippen molar-refractivity contribution in [1.29, 1.82) is 0 Å². The Labute approximate surface area is 169 Å². The molecule has 1 aromatic heterocycles. The average molecular weight is 432 g/mol. The van der Waals surface area contributed by atoms with Crippen LogP contribution in [-0.4, -0.2) is 31.5 Å². The second kappa shape index (κ2) is 9.82. The number of carbonyl (C=O) groups is 1. The number of methoxy groups -OCH3 is 1. The van der Waals surface area contributed by atoms with Gasteiger partial charge in [0.2, 0.25) is 0 Å². The van der Waals surface area contributed by atoms with Crippen molar-refractivity contribution in [3.8, 4) is 5.75 Å². The van der Waals surface area contributed by atoms with Crippen LogP contribution in [0.4, 0.5) is 23.8 Å². The van der Waals surface area contributed by atoms with Gasteiger partial charge in [0.25, 0.3) is 0 Å². The summed E-state index contributed by atoms with van der Waals surface area (Å²) in [7, 11) is 2.92. The molecule has 8 nitrogen and oxygen atoms in total. The second-order valence-electron chi connectivity index (χ2n) is 5.53. The number of nitrogens with zero attached hydrogens (tertiary/aromatic N) is 3. The quantitative estimate of drug-likeness (QED) is 0.397. The minimum absolute atomic E-state index is 0.0671. The number of ether oxygens (including phenoxy) is 1. The Balaban J connectivity index is 1.80. The van der Waals surface area contributed by atoms with Gasteiger partial charge in [-0.05, 0) is 23.8 Å². The number of oxime groups is 1. The van der Waals surface area contributed by atoms with Gasteiger partial charge in [0.05, 0.1) is 17.7 Å². The average Bonchev–Trinajstić information content (AvgIpc) is 2.67. The first-order valence-corrected chi connectivity index (χ1v) is 8.39. The minimum Gasteiger partial charge on any atom is -0.497 e. The van der Waals surface area contributed by atoms with Crippen molar-refractivity contribution in [3.63, 3.8) is 0 Å². The zero-order valence-electron chi connectivity index (χ0n) is 15.3. The maximum absolute atomic E-state index is 12.6. The highest BCUT2D eigenvalue weighted by atomic mass is 35.5. The number of anilines is 1. The number of hydrogen-bond donors (Lipinski definition) is 2. The van der Waals surface area contributed by atoms with Gasteiger partial charge in [0.15, 0.2) is 5.82 Å². The van der Waals surface area contributed by atoms with Gasteiger partial charge in [-0.2, -0.15) is 13.2 Å². The molecule has 0 atom stereocenters. The van der Waals surface area contributed by atoms with Crippen molar-refractivity contribution in [1.82, 2.24) is 15.7 Å². The van der Waals surface area contributed by atoms with Crippen LogP contribution in [0.3, 0.4) is 0 Å². The lowest BCUT2D eigenvalue weighted by molar-refractivity contribution is -0.137. The minimum atomic E-state index is -4.57. The van der Waals surface area contributed by atoms with Crippen molar-refractivity contribution in [2.45, 2.75) is 12.8 Å². The maximum Gasteiger partial charge on any atom is 0.417 e. The van der Waals surface area contributed by atoms with Gasteiger partial charge in [-0.25, -0.2) is 15.2 Å². The molecule has 12 heteroatoms. The first kappa shape index (κ1) is 22.1. The van der Waals surface area contributed by atoms with Crippen LogP contribution in [0.5, 0.6) is 5.75 Å². The Morgan fingerprint density at radius 1 is 1.34 bits per heavy atom. The summed E-state index contributed by atoms with van der Waals surface area (Å²) in [6, 6.07) is 7.11. The molecule has 0 fully saturated rings. The number of urea groups is 1. The van der Waals surface area contributed by atoms with E-state index in [2.05, 4.69) is 20.9 Å². The van der Waals surface area contributed by atoms with E-state index in [1.54, 1.807) is 31.4 Å². The van der Waals surface area contributed by atoms with Crippen LogP contribution in [0.2, 0.25) is 5.02 Å². The monoisotopic (exact) mass is 431 g/mol. The lowest BCUT2D eigenvalue weighted by Crippen LogP contribution is -2.45. The number of amides is 2. The smallest absolute Gasteiger partial charge is 0.417 e. The summed E-state index contributed by atoms with van der Waals surface area (Å²) in [5.74, 6) is 0.643. The summed E-state index contributed by atoms with van der Waals surface area (Å²) in [6.07, 6.45) is -2.94. The number of hydrogen-bond acceptors (Lipinski definition) is 6. The summed E-state index contributed by atoms with van der Waals surface area (Å²) >= 11 is 5.81. The third kappa shape index (κ3) is 6.71. The summed E-state index contributed by atoms with van der Waals surface area (Å²) in [4.78, 5) is 20.4. The molecule has 0 bridgehead atoms. The Morgan fingerprint density at radius 3 is 2.62 bits per heavy atom. The van der Waals surface area contributed by atoms with E-state index < -0.39 is 17.8 Å². The summed E-state index contributed by atoms with van der Waals surface area (Å²) in [5, 5.41) is 6.62. The van der Waals surface area contributed by atoms with Crippen LogP contribution in [-0.2, 0) is 17.6 Å². The summed E-state index contributed by atoms with van der Waals surface area (Å²) in [6.45, 7) is 0.175. The van der Waals surface area contributed by atoms with E-state index in [4.69, 9.17) is 21.2 Å². The molecule has 0 saturated carbocycles. The SMILES string of the molecule is COc1ccc(CO/N=C/NC(=O)NN(C)c2ncc(C(F)(F)F)cc2Cl)cc1. The third-order valence-corrected chi connectivity index (χ3v) is 3.73. The van der Waals surface area contributed by atoms with E-state index >= 15 is 0 Å². The highest BCUT2D eigenvalue weighted by molar-refractivity contribution is 6.33. The van der Waals surface area contributed by atoms with Gasteiger partial charge in [0, 0.05) is 13.2 Å². The standard InChI is InChI=1S/C17H17ClF3N5O3/c1-26(15-14(18)7-12(8-22-15)17(19,20)21)25-16(27)23-10-24-29-9-11-3-5-13(28-2)6-4-11/h3-8,10H,9H2,1-2H3,(H2,23,24,25,27). The molecule has 0 aliphatic carbocycles. The molecule has 2 N–H and O–H groups in total. The highest BCUT2D eigenvalue weighted by Crippen LogP contribution is 2.32. The summed E-state index contributed by atoms with van der Waals surface area (Å²) in [5.41, 5.74) is 2.16. The van der Waals surface area contributed by atoms with E-state index in [-0.39, 0.29) is 17.4 Å². The van der Waals surface area contributed by atoms with Crippen LogP contribution in [0, 0.1) is 0 Å². The normalized spacial score (nSPS) is 11.2. The largest absolute Gasteiger partial charge is 0.497 e. The molecule has 2 amide bonds. The first-order valence-electron chi connectivity index (χ1n) is 8.01. The predicted octanol–water partition coefficient (Wildman–Crippen LogP) is 3.57. The second-order valence-corrected chi connectivity index (χ2v) is 5.93. The van der Waals surface area contributed by atoms with Crippen LogP contribution in [0.1, 0.15) is 11.1 Å². The molecule has 0 saturated heterocycles. The molecule has 2 rings (SSSR count). The van der Waals surface area contributed by atoms with Gasteiger partial charge in [0.1, 0.15) is 18.7 Å². The van der Waals surface area contributed by atoms with Crippen molar-refractivity contribution < 1.29 is 27.5 Å². The third-order valence-electron chi connectivity index (χ3n) is 3.45. The fourth-order valence-corrected chi connectivity index (χ4v) is 2.32. The van der Waals surface area contributed by atoms with Gasteiger partial charge in [-0.15, -0.1) is 0 Å². The van der Waals surface area contributed by atoms with E-state index in [9.17, 15) is 18.0 Å². The molecular formula is C17H17ClF3N5O3. The molecule has 1 heterocycles. The molecule has 2 aromatic rings. The van der Waals surface area contributed by atoms with Gasteiger partial charge in [-0.3, -0.25) is 10.3 Å². The van der Waals surface area contributed by atoms with Crippen molar-refractivity contribution in [3.05, 3.63) is 52.7 Å². The molecule has 0 spiro atoms. The van der Waals surface area contributed by atoms with E-state index in [1.165, 1.54) is 7.05 Å². The number of halogens is 4. The molecule has 0 aliphatic heterocycles. The lowest BCUT2D eigenvalue weighted by atomic mass is 10.2. The van der Waals surface area contributed by atoms with Crippen LogP contribution < -0.4 is 20.5 Å². The van der Waals surface area contributed by atoms with Crippen molar-refractivity contribution >= 4 is 29.8 Å². The van der Waals surface area contributed by atoms with Crippen LogP contribution in [0.15, 0.2) is 41.7 Å². The number of nitrogens with one attached hydrogen (secondary N) is 2.